The third-order valence-corrected chi connectivity index (χ3v) is 3.04. The lowest BCUT2D eigenvalue weighted by Gasteiger charge is -2.45. The minimum Gasteiger partial charge on any atom is -0.293 e. The van der Waals surface area contributed by atoms with Crippen LogP contribution >= 0.6 is 0 Å². The predicted octanol–water partition coefficient (Wildman–Crippen LogP) is 3.26. The molecule has 0 spiro atoms. The van der Waals surface area contributed by atoms with Crippen LogP contribution in [0.1, 0.15) is 25.8 Å². The molecule has 0 radical (unpaired) electrons. The molecule has 2 heteroatoms. The zero-order chi connectivity index (χ0) is 11.6. The fraction of sp³-hybridized carbons (Fsp3) is 0.571. The summed E-state index contributed by atoms with van der Waals surface area (Å²) in [6, 6.07) is 10.3. The molecule has 0 amide bonds. The van der Waals surface area contributed by atoms with E-state index in [2.05, 4.69) is 30.9 Å². The molecule has 1 aliphatic heterocycles. The average Bonchev–Trinajstić information content (AvgIpc) is 2.15. The minimum absolute atomic E-state index is 0.448. The molecular formula is C14H20FN. The van der Waals surface area contributed by atoms with E-state index in [1.807, 2.05) is 18.2 Å². The molecule has 88 valence electrons. The number of nitrogens with zero attached hydrogens (tertiary/aromatic N) is 1. The minimum atomic E-state index is -0.928. The van der Waals surface area contributed by atoms with Crippen molar-refractivity contribution in [3.63, 3.8) is 0 Å². The lowest BCUT2D eigenvalue weighted by atomic mass is 9.87. The normalized spacial score (nSPS) is 19.8. The second-order valence-corrected chi connectivity index (χ2v) is 5.38. The Morgan fingerprint density at radius 3 is 2.44 bits per heavy atom. The molecule has 1 aromatic carbocycles. The molecule has 0 N–H and O–H groups in total. The van der Waals surface area contributed by atoms with Gasteiger partial charge in [-0.15, -0.1) is 0 Å². The Kier molecular flexibility index (Phi) is 3.29. The molecule has 1 nitrogen and oxygen atoms in total. The first-order valence-corrected chi connectivity index (χ1v) is 6.03. The summed E-state index contributed by atoms with van der Waals surface area (Å²) in [5, 5.41) is 0. The molecule has 0 bridgehead atoms. The quantitative estimate of drug-likeness (QED) is 0.754. The predicted molar refractivity (Wildman–Crippen MR) is 65.0 cm³/mol. The first kappa shape index (κ1) is 11.6. The summed E-state index contributed by atoms with van der Waals surface area (Å²) in [6.45, 7) is 6.24. The van der Waals surface area contributed by atoms with Crippen LogP contribution in [0.25, 0.3) is 0 Å². The molecule has 0 aromatic heterocycles. The van der Waals surface area contributed by atoms with Gasteiger partial charge < -0.3 is 0 Å². The van der Waals surface area contributed by atoms with Crippen LogP contribution in [-0.2, 0) is 6.54 Å². The fourth-order valence-electron chi connectivity index (χ4n) is 2.57. The van der Waals surface area contributed by atoms with Crippen molar-refractivity contribution in [2.75, 3.05) is 13.1 Å². The molecule has 1 fully saturated rings. The highest BCUT2D eigenvalue weighted by Gasteiger charge is 2.43. The molecule has 0 saturated carbocycles. The SMILES string of the molecule is CC(C)CC1(F)CN(Cc2ccccc2)C1. The average molecular weight is 221 g/mol. The maximum atomic E-state index is 14.1. The maximum Gasteiger partial charge on any atom is 0.136 e. The van der Waals surface area contributed by atoms with Crippen molar-refractivity contribution in [3.05, 3.63) is 35.9 Å². The standard InChI is InChI=1S/C14H20FN/c1-12(2)8-14(15)10-16(11-14)9-13-6-4-3-5-7-13/h3-7,12H,8-11H2,1-2H3. The summed E-state index contributed by atoms with van der Waals surface area (Å²) in [4.78, 5) is 2.18. The van der Waals surface area contributed by atoms with E-state index in [1.54, 1.807) is 0 Å². The van der Waals surface area contributed by atoms with Gasteiger partial charge in [0.1, 0.15) is 5.67 Å². The van der Waals surface area contributed by atoms with E-state index >= 15 is 0 Å². The van der Waals surface area contributed by atoms with Gasteiger partial charge in [0, 0.05) is 19.6 Å². The van der Waals surface area contributed by atoms with Crippen LogP contribution in [0.3, 0.4) is 0 Å². The number of alkyl halides is 1. The van der Waals surface area contributed by atoms with Crippen molar-refractivity contribution < 1.29 is 4.39 Å². The Morgan fingerprint density at radius 2 is 1.88 bits per heavy atom. The first-order chi connectivity index (χ1) is 7.57. The van der Waals surface area contributed by atoms with Crippen molar-refractivity contribution >= 4 is 0 Å². The first-order valence-electron chi connectivity index (χ1n) is 6.03. The summed E-state index contributed by atoms with van der Waals surface area (Å²) in [6.07, 6.45) is 0.693. The van der Waals surface area contributed by atoms with Crippen molar-refractivity contribution in [2.24, 2.45) is 5.92 Å². The van der Waals surface area contributed by atoms with Crippen LogP contribution < -0.4 is 0 Å². The number of benzene rings is 1. The molecule has 1 aliphatic rings. The number of likely N-dealkylation sites (tertiary alicyclic amines) is 1. The molecule has 0 unspecified atom stereocenters. The highest BCUT2D eigenvalue weighted by molar-refractivity contribution is 5.15. The molecular weight excluding hydrogens is 201 g/mol. The van der Waals surface area contributed by atoms with E-state index < -0.39 is 5.67 Å². The van der Waals surface area contributed by atoms with E-state index in [0.29, 0.717) is 25.4 Å². The monoisotopic (exact) mass is 221 g/mol. The Bertz CT molecular complexity index is 328. The fourth-order valence-corrected chi connectivity index (χ4v) is 2.57. The van der Waals surface area contributed by atoms with Gasteiger partial charge in [0.25, 0.3) is 0 Å². The van der Waals surface area contributed by atoms with Gasteiger partial charge in [0.15, 0.2) is 0 Å². The third kappa shape index (κ3) is 2.82. The van der Waals surface area contributed by atoms with Crippen LogP contribution in [-0.4, -0.2) is 23.7 Å². The summed E-state index contributed by atoms with van der Waals surface area (Å²) >= 11 is 0. The molecule has 0 atom stereocenters. The molecule has 2 rings (SSSR count). The second kappa shape index (κ2) is 4.54. The Morgan fingerprint density at radius 1 is 1.25 bits per heavy atom. The molecule has 1 saturated heterocycles. The summed E-state index contributed by atoms with van der Waals surface area (Å²) < 4.78 is 14.1. The van der Waals surface area contributed by atoms with Crippen LogP contribution in [0.4, 0.5) is 4.39 Å². The van der Waals surface area contributed by atoms with Crippen LogP contribution in [0.15, 0.2) is 30.3 Å². The maximum absolute atomic E-state index is 14.1. The zero-order valence-corrected chi connectivity index (χ0v) is 10.1. The topological polar surface area (TPSA) is 3.24 Å². The smallest absolute Gasteiger partial charge is 0.136 e. The summed E-state index contributed by atoms with van der Waals surface area (Å²) in [5.74, 6) is 0.448. The van der Waals surface area contributed by atoms with Gasteiger partial charge in [-0.25, -0.2) is 4.39 Å². The highest BCUT2D eigenvalue weighted by Crippen LogP contribution is 2.32. The molecule has 1 heterocycles. The van der Waals surface area contributed by atoms with Crippen LogP contribution in [0.2, 0.25) is 0 Å². The van der Waals surface area contributed by atoms with E-state index in [4.69, 9.17) is 0 Å². The van der Waals surface area contributed by atoms with Gasteiger partial charge in [0.05, 0.1) is 0 Å². The van der Waals surface area contributed by atoms with E-state index in [0.717, 1.165) is 6.54 Å². The molecule has 1 aromatic rings. The van der Waals surface area contributed by atoms with Crippen molar-refractivity contribution in [1.29, 1.82) is 0 Å². The Balaban J connectivity index is 1.81. The van der Waals surface area contributed by atoms with Crippen LogP contribution in [0, 0.1) is 5.92 Å². The number of halogens is 1. The van der Waals surface area contributed by atoms with Crippen molar-refractivity contribution in [3.8, 4) is 0 Å². The highest BCUT2D eigenvalue weighted by atomic mass is 19.1. The van der Waals surface area contributed by atoms with Crippen molar-refractivity contribution in [1.82, 2.24) is 4.90 Å². The van der Waals surface area contributed by atoms with E-state index in [1.165, 1.54) is 5.56 Å². The third-order valence-electron chi connectivity index (χ3n) is 3.04. The summed E-state index contributed by atoms with van der Waals surface area (Å²) in [5.41, 5.74) is 0.345. The number of hydrogen-bond acceptors (Lipinski definition) is 1. The zero-order valence-electron chi connectivity index (χ0n) is 10.1. The number of hydrogen-bond donors (Lipinski definition) is 0. The van der Waals surface area contributed by atoms with Crippen molar-refractivity contribution in [2.45, 2.75) is 32.5 Å². The van der Waals surface area contributed by atoms with Gasteiger partial charge in [0.2, 0.25) is 0 Å². The van der Waals surface area contributed by atoms with E-state index in [9.17, 15) is 4.39 Å². The molecule has 16 heavy (non-hydrogen) atoms. The Labute approximate surface area is 97.3 Å². The second-order valence-electron chi connectivity index (χ2n) is 5.38. The van der Waals surface area contributed by atoms with Gasteiger partial charge in [-0.2, -0.15) is 0 Å². The summed E-state index contributed by atoms with van der Waals surface area (Å²) in [7, 11) is 0. The van der Waals surface area contributed by atoms with Crippen LogP contribution in [0.5, 0.6) is 0 Å². The van der Waals surface area contributed by atoms with Gasteiger partial charge in [-0.3, -0.25) is 4.90 Å². The van der Waals surface area contributed by atoms with Gasteiger partial charge in [-0.05, 0) is 17.9 Å². The molecule has 0 aliphatic carbocycles. The number of rotatable bonds is 4. The van der Waals surface area contributed by atoms with Gasteiger partial charge in [-0.1, -0.05) is 44.2 Å². The lowest BCUT2D eigenvalue weighted by Crippen LogP contribution is -2.58. The lowest BCUT2D eigenvalue weighted by molar-refractivity contribution is -0.0502. The largest absolute Gasteiger partial charge is 0.293 e. The Hall–Kier alpha value is -0.890. The van der Waals surface area contributed by atoms with Gasteiger partial charge >= 0.3 is 0 Å². The van der Waals surface area contributed by atoms with E-state index in [-0.39, 0.29) is 0 Å².